The standard InChI is InChI=1S/C11H16O7/c1-6(12)15-5-10-9(16-7(2)13)4-11(18-10)17-8(3)14/h9-11H,4-5H2,1-3H3/t9-,10+,11?/m0/s1. The minimum Gasteiger partial charge on any atom is -0.463 e. The predicted molar refractivity (Wildman–Crippen MR) is 57.2 cm³/mol. The Labute approximate surface area is 104 Å². The number of hydrogen-bond donors (Lipinski definition) is 0. The van der Waals surface area contributed by atoms with Gasteiger partial charge in [0.1, 0.15) is 18.8 Å². The van der Waals surface area contributed by atoms with Gasteiger partial charge in [-0.05, 0) is 0 Å². The van der Waals surface area contributed by atoms with Crippen LogP contribution in [0.5, 0.6) is 0 Å². The quantitative estimate of drug-likeness (QED) is 0.525. The highest BCUT2D eigenvalue weighted by Crippen LogP contribution is 2.24. The summed E-state index contributed by atoms with van der Waals surface area (Å²) in [5.74, 6) is -1.43. The second kappa shape index (κ2) is 6.34. The number of esters is 3. The lowest BCUT2D eigenvalue weighted by Crippen LogP contribution is -2.31. The van der Waals surface area contributed by atoms with E-state index in [0.717, 1.165) is 0 Å². The zero-order chi connectivity index (χ0) is 13.7. The van der Waals surface area contributed by atoms with Crippen LogP contribution in [-0.4, -0.2) is 43.0 Å². The van der Waals surface area contributed by atoms with E-state index in [4.69, 9.17) is 18.9 Å². The first-order chi connectivity index (χ1) is 8.38. The van der Waals surface area contributed by atoms with E-state index >= 15 is 0 Å². The lowest BCUT2D eigenvalue weighted by Gasteiger charge is -2.17. The molecule has 1 saturated heterocycles. The van der Waals surface area contributed by atoms with Crippen molar-refractivity contribution in [2.45, 2.75) is 45.7 Å². The molecule has 18 heavy (non-hydrogen) atoms. The number of rotatable bonds is 4. The number of hydrogen-bond acceptors (Lipinski definition) is 7. The number of ether oxygens (including phenoxy) is 4. The normalized spacial score (nSPS) is 26.5. The molecular formula is C11H16O7. The van der Waals surface area contributed by atoms with Crippen LogP contribution in [0.3, 0.4) is 0 Å². The van der Waals surface area contributed by atoms with Crippen molar-refractivity contribution >= 4 is 17.9 Å². The van der Waals surface area contributed by atoms with E-state index in [-0.39, 0.29) is 13.0 Å². The maximum Gasteiger partial charge on any atom is 0.304 e. The van der Waals surface area contributed by atoms with Crippen molar-refractivity contribution in [3.63, 3.8) is 0 Å². The van der Waals surface area contributed by atoms with E-state index in [1.165, 1.54) is 20.8 Å². The van der Waals surface area contributed by atoms with E-state index in [1.54, 1.807) is 0 Å². The van der Waals surface area contributed by atoms with Gasteiger partial charge in [-0.3, -0.25) is 14.4 Å². The Bertz CT molecular complexity index is 338. The molecule has 0 aromatic heterocycles. The molecule has 1 aliphatic rings. The van der Waals surface area contributed by atoms with Crippen LogP contribution in [0.15, 0.2) is 0 Å². The summed E-state index contributed by atoms with van der Waals surface area (Å²) in [7, 11) is 0. The molecule has 7 nitrogen and oxygen atoms in total. The van der Waals surface area contributed by atoms with Gasteiger partial charge in [-0.15, -0.1) is 0 Å². The van der Waals surface area contributed by atoms with Gasteiger partial charge in [0.25, 0.3) is 0 Å². The largest absolute Gasteiger partial charge is 0.463 e. The van der Waals surface area contributed by atoms with E-state index < -0.39 is 36.4 Å². The molecule has 0 bridgehead atoms. The summed E-state index contributed by atoms with van der Waals surface area (Å²) >= 11 is 0. The van der Waals surface area contributed by atoms with Gasteiger partial charge in [-0.25, -0.2) is 0 Å². The Morgan fingerprint density at radius 1 is 1.06 bits per heavy atom. The zero-order valence-corrected chi connectivity index (χ0v) is 10.5. The van der Waals surface area contributed by atoms with Crippen LogP contribution in [0, 0.1) is 0 Å². The average molecular weight is 260 g/mol. The summed E-state index contributed by atoms with van der Waals surface area (Å²) in [5, 5.41) is 0. The molecule has 3 atom stereocenters. The first-order valence-corrected chi connectivity index (χ1v) is 5.51. The summed E-state index contributed by atoms with van der Waals surface area (Å²) in [6.07, 6.45) is -1.77. The molecule has 1 rings (SSSR count). The Balaban J connectivity index is 2.56. The monoisotopic (exact) mass is 260 g/mol. The molecule has 0 spiro atoms. The van der Waals surface area contributed by atoms with Crippen LogP contribution in [0.25, 0.3) is 0 Å². The summed E-state index contributed by atoms with van der Waals surface area (Å²) in [4.78, 5) is 32.4. The predicted octanol–water partition coefficient (Wildman–Crippen LogP) is 0.159. The highest BCUT2D eigenvalue weighted by atomic mass is 16.7. The van der Waals surface area contributed by atoms with Crippen LogP contribution < -0.4 is 0 Å². The molecule has 0 saturated carbocycles. The second-order valence-corrected chi connectivity index (χ2v) is 3.90. The number of carbonyl (C=O) groups is 3. The minimum absolute atomic E-state index is 0.0506. The van der Waals surface area contributed by atoms with E-state index in [0.29, 0.717) is 0 Å². The van der Waals surface area contributed by atoms with Gasteiger partial charge >= 0.3 is 17.9 Å². The average Bonchev–Trinajstić information content (AvgIpc) is 2.55. The smallest absolute Gasteiger partial charge is 0.304 e. The fourth-order valence-electron chi connectivity index (χ4n) is 1.62. The molecule has 1 aliphatic heterocycles. The fraction of sp³-hybridized carbons (Fsp3) is 0.727. The Morgan fingerprint density at radius 2 is 1.67 bits per heavy atom. The van der Waals surface area contributed by atoms with Gasteiger partial charge in [0.05, 0.1) is 6.42 Å². The highest BCUT2D eigenvalue weighted by molar-refractivity contribution is 5.67. The van der Waals surface area contributed by atoms with E-state index in [9.17, 15) is 14.4 Å². The SMILES string of the molecule is CC(=O)OC[C@H]1OC(OC(C)=O)C[C@@H]1OC(C)=O. The van der Waals surface area contributed by atoms with Gasteiger partial charge in [0.15, 0.2) is 0 Å². The molecular weight excluding hydrogens is 244 g/mol. The third-order valence-electron chi connectivity index (χ3n) is 2.23. The van der Waals surface area contributed by atoms with E-state index in [2.05, 4.69) is 0 Å². The molecule has 0 N–H and O–H groups in total. The van der Waals surface area contributed by atoms with Crippen LogP contribution in [0.2, 0.25) is 0 Å². The molecule has 0 aliphatic carbocycles. The molecule has 0 amide bonds. The van der Waals surface area contributed by atoms with Crippen LogP contribution in [0.4, 0.5) is 0 Å². The van der Waals surface area contributed by atoms with Crippen molar-refractivity contribution in [2.24, 2.45) is 0 Å². The molecule has 7 heteroatoms. The topological polar surface area (TPSA) is 88.1 Å². The van der Waals surface area contributed by atoms with Crippen LogP contribution >= 0.6 is 0 Å². The summed E-state index contributed by atoms with van der Waals surface area (Å²) in [6.45, 7) is 3.73. The molecule has 0 radical (unpaired) electrons. The fourth-order valence-corrected chi connectivity index (χ4v) is 1.62. The number of carbonyl (C=O) groups excluding carboxylic acids is 3. The Kier molecular flexibility index (Phi) is 5.08. The zero-order valence-electron chi connectivity index (χ0n) is 10.5. The minimum atomic E-state index is -0.785. The molecule has 0 aromatic carbocycles. The maximum atomic E-state index is 10.9. The molecule has 0 aromatic rings. The molecule has 1 heterocycles. The third-order valence-corrected chi connectivity index (χ3v) is 2.23. The Hall–Kier alpha value is -1.63. The maximum absolute atomic E-state index is 10.9. The van der Waals surface area contributed by atoms with Gasteiger partial charge < -0.3 is 18.9 Å². The van der Waals surface area contributed by atoms with Crippen molar-refractivity contribution in [3.8, 4) is 0 Å². The van der Waals surface area contributed by atoms with Crippen molar-refractivity contribution < 1.29 is 33.3 Å². The van der Waals surface area contributed by atoms with Crippen molar-refractivity contribution in [1.29, 1.82) is 0 Å². The first kappa shape index (κ1) is 14.4. The van der Waals surface area contributed by atoms with E-state index in [1.807, 2.05) is 0 Å². The van der Waals surface area contributed by atoms with Gasteiger partial charge in [-0.1, -0.05) is 0 Å². The second-order valence-electron chi connectivity index (χ2n) is 3.90. The lowest BCUT2D eigenvalue weighted by molar-refractivity contribution is -0.179. The van der Waals surface area contributed by atoms with Crippen molar-refractivity contribution in [1.82, 2.24) is 0 Å². The third kappa shape index (κ3) is 4.70. The van der Waals surface area contributed by atoms with Crippen LogP contribution in [-0.2, 0) is 33.3 Å². The Morgan fingerprint density at radius 3 is 2.17 bits per heavy atom. The molecule has 1 fully saturated rings. The summed E-state index contributed by atoms with van der Waals surface area (Å²) < 4.78 is 20.0. The van der Waals surface area contributed by atoms with Gasteiger partial charge in [0.2, 0.25) is 6.29 Å². The molecule has 1 unspecified atom stereocenters. The van der Waals surface area contributed by atoms with Crippen LogP contribution in [0.1, 0.15) is 27.2 Å². The summed E-state index contributed by atoms with van der Waals surface area (Å²) in [5.41, 5.74) is 0. The first-order valence-electron chi connectivity index (χ1n) is 5.51. The van der Waals surface area contributed by atoms with Gasteiger partial charge in [-0.2, -0.15) is 0 Å². The van der Waals surface area contributed by atoms with Gasteiger partial charge in [0, 0.05) is 20.8 Å². The highest BCUT2D eigenvalue weighted by Gasteiger charge is 2.39. The molecule has 102 valence electrons. The summed E-state index contributed by atoms with van der Waals surface area (Å²) in [6, 6.07) is 0. The van der Waals surface area contributed by atoms with Crippen molar-refractivity contribution in [3.05, 3.63) is 0 Å². The lowest BCUT2D eigenvalue weighted by atomic mass is 10.2. The van der Waals surface area contributed by atoms with Crippen molar-refractivity contribution in [2.75, 3.05) is 6.61 Å².